The second-order valence-electron chi connectivity index (χ2n) is 6.21. The number of non-ortho nitro benzene ring substituents is 1. The minimum absolute atomic E-state index is 0. The number of sulfonamides is 1. The maximum Gasteiger partial charge on any atom is 0.307 e. The van der Waals surface area contributed by atoms with Crippen molar-refractivity contribution in [2.75, 3.05) is 6.61 Å². The number of H-pyrrole nitrogens is 1. The van der Waals surface area contributed by atoms with E-state index in [-0.39, 0.29) is 46.5 Å². The number of aromatic nitrogens is 1. The van der Waals surface area contributed by atoms with E-state index in [9.17, 15) is 28.1 Å². The highest BCUT2D eigenvalue weighted by Gasteiger charge is 2.26. The molecule has 31 heavy (non-hydrogen) atoms. The molecule has 0 fully saturated rings. The van der Waals surface area contributed by atoms with Crippen LogP contribution in [0.15, 0.2) is 52.2 Å². The summed E-state index contributed by atoms with van der Waals surface area (Å²) >= 11 is 0.868. The number of aromatic amines is 1. The molecule has 0 saturated heterocycles. The van der Waals surface area contributed by atoms with Crippen LogP contribution in [0.3, 0.4) is 0 Å². The molecule has 0 aliphatic rings. The van der Waals surface area contributed by atoms with Crippen LogP contribution in [-0.2, 0) is 19.6 Å². The molecule has 0 radical (unpaired) electrons. The first kappa shape index (κ1) is 24.5. The monoisotopic (exact) mass is 487 g/mol. The standard InChI is InChI=1S/C18H17N3O7S2.ClH/c1-2-28-17(22)10-15(11-4-3-5-12(8-11)21(24)25)20-30(26,27)13-6-7-14-16(9-13)29-18(23)19-14;/h3-9,15,20H,2,10H2,1H3,(H,19,23);1H. The zero-order chi connectivity index (χ0) is 21.9. The minimum atomic E-state index is -4.12. The van der Waals surface area contributed by atoms with Crippen molar-refractivity contribution < 1.29 is 22.9 Å². The number of esters is 1. The Balaban J connectivity index is 0.00000341. The van der Waals surface area contributed by atoms with E-state index in [4.69, 9.17) is 4.74 Å². The molecule has 2 N–H and O–H groups in total. The van der Waals surface area contributed by atoms with E-state index in [1.165, 1.54) is 42.5 Å². The normalized spacial score (nSPS) is 12.2. The van der Waals surface area contributed by atoms with Crippen molar-refractivity contribution in [2.24, 2.45) is 0 Å². The highest BCUT2D eigenvalue weighted by atomic mass is 35.5. The maximum absolute atomic E-state index is 12.9. The topological polar surface area (TPSA) is 148 Å². The molecule has 0 spiro atoms. The van der Waals surface area contributed by atoms with Crippen LogP contribution in [0.1, 0.15) is 24.9 Å². The van der Waals surface area contributed by atoms with E-state index in [0.29, 0.717) is 10.2 Å². The van der Waals surface area contributed by atoms with Crippen molar-refractivity contribution >= 4 is 55.6 Å². The summed E-state index contributed by atoms with van der Waals surface area (Å²) in [7, 11) is -4.12. The van der Waals surface area contributed by atoms with Gasteiger partial charge in [0.2, 0.25) is 10.0 Å². The zero-order valence-electron chi connectivity index (χ0n) is 16.1. The molecule has 10 nitrogen and oxygen atoms in total. The largest absolute Gasteiger partial charge is 0.466 e. The summed E-state index contributed by atoms with van der Waals surface area (Å²) in [6, 6.07) is 8.40. The van der Waals surface area contributed by atoms with Crippen LogP contribution >= 0.6 is 23.7 Å². The molecular weight excluding hydrogens is 470 g/mol. The number of fused-ring (bicyclic) bond motifs is 1. The molecule has 0 bridgehead atoms. The third kappa shape index (κ3) is 5.88. The number of nitro groups is 1. The molecular formula is C18H18ClN3O7S2. The first-order chi connectivity index (χ1) is 14.2. The highest BCUT2D eigenvalue weighted by Crippen LogP contribution is 2.26. The summed E-state index contributed by atoms with van der Waals surface area (Å²) in [4.78, 5) is 36.1. The summed E-state index contributed by atoms with van der Waals surface area (Å²) in [5, 5.41) is 11.1. The molecule has 0 saturated carbocycles. The third-order valence-corrected chi connectivity index (χ3v) is 6.47. The lowest BCUT2D eigenvalue weighted by atomic mass is 10.0. The Morgan fingerprint density at radius 1 is 1.29 bits per heavy atom. The Morgan fingerprint density at radius 3 is 2.71 bits per heavy atom. The Morgan fingerprint density at radius 2 is 2.03 bits per heavy atom. The number of ether oxygens (including phenoxy) is 1. The van der Waals surface area contributed by atoms with Gasteiger partial charge in [-0.25, -0.2) is 13.1 Å². The number of nitrogens with one attached hydrogen (secondary N) is 2. The molecule has 3 rings (SSSR count). The minimum Gasteiger partial charge on any atom is -0.466 e. The van der Waals surface area contributed by atoms with Gasteiger partial charge in [-0.2, -0.15) is 0 Å². The number of halogens is 1. The number of benzene rings is 2. The first-order valence-corrected chi connectivity index (χ1v) is 11.0. The summed E-state index contributed by atoms with van der Waals surface area (Å²) < 4.78 is 33.7. The van der Waals surface area contributed by atoms with Crippen LogP contribution in [0.4, 0.5) is 5.69 Å². The molecule has 166 valence electrons. The Kier molecular flexibility index (Phi) is 7.90. The number of hydrogen-bond acceptors (Lipinski definition) is 8. The average Bonchev–Trinajstić information content (AvgIpc) is 3.06. The lowest BCUT2D eigenvalue weighted by Crippen LogP contribution is -2.30. The molecule has 1 atom stereocenters. The van der Waals surface area contributed by atoms with Crippen LogP contribution in [0.5, 0.6) is 0 Å². The van der Waals surface area contributed by atoms with E-state index in [1.54, 1.807) is 6.92 Å². The van der Waals surface area contributed by atoms with Crippen LogP contribution in [-0.4, -0.2) is 30.9 Å². The molecule has 0 amide bonds. The van der Waals surface area contributed by atoms with Crippen molar-refractivity contribution in [1.29, 1.82) is 0 Å². The molecule has 1 unspecified atom stereocenters. The van der Waals surface area contributed by atoms with E-state index < -0.39 is 27.0 Å². The average molecular weight is 488 g/mol. The fraction of sp³-hybridized carbons (Fsp3) is 0.222. The van der Waals surface area contributed by atoms with Crippen molar-refractivity contribution in [3.63, 3.8) is 0 Å². The number of nitro benzene ring substituents is 1. The Labute approximate surface area is 186 Å². The van der Waals surface area contributed by atoms with Crippen molar-refractivity contribution in [1.82, 2.24) is 9.71 Å². The van der Waals surface area contributed by atoms with E-state index in [1.807, 2.05) is 0 Å². The van der Waals surface area contributed by atoms with Gasteiger partial charge in [-0.15, -0.1) is 12.4 Å². The van der Waals surface area contributed by atoms with Crippen molar-refractivity contribution in [3.05, 3.63) is 67.8 Å². The second-order valence-corrected chi connectivity index (χ2v) is 8.94. The molecule has 0 aliphatic carbocycles. The lowest BCUT2D eigenvalue weighted by molar-refractivity contribution is -0.384. The Hall–Kier alpha value is -2.80. The van der Waals surface area contributed by atoms with Gasteiger partial charge in [-0.3, -0.25) is 19.7 Å². The fourth-order valence-corrected chi connectivity index (χ4v) is 4.92. The van der Waals surface area contributed by atoms with Crippen molar-refractivity contribution in [2.45, 2.75) is 24.3 Å². The fourth-order valence-electron chi connectivity index (χ4n) is 2.82. The molecule has 1 aromatic heterocycles. The number of carbonyl (C=O) groups excluding carboxylic acids is 1. The highest BCUT2D eigenvalue weighted by molar-refractivity contribution is 7.89. The summed E-state index contributed by atoms with van der Waals surface area (Å²) in [6.07, 6.45) is -0.353. The van der Waals surface area contributed by atoms with E-state index in [2.05, 4.69) is 9.71 Å². The smallest absolute Gasteiger partial charge is 0.307 e. The van der Waals surface area contributed by atoms with E-state index >= 15 is 0 Å². The molecule has 3 aromatic rings. The summed E-state index contributed by atoms with van der Waals surface area (Å²) in [5.74, 6) is -0.656. The molecule has 2 aromatic carbocycles. The van der Waals surface area contributed by atoms with Gasteiger partial charge in [0.05, 0.1) is 39.1 Å². The lowest BCUT2D eigenvalue weighted by Gasteiger charge is -2.18. The van der Waals surface area contributed by atoms with Gasteiger partial charge < -0.3 is 9.72 Å². The number of thiazole rings is 1. The summed E-state index contributed by atoms with van der Waals surface area (Å²) in [5.41, 5.74) is 0.512. The Bertz CT molecular complexity index is 1270. The maximum atomic E-state index is 12.9. The zero-order valence-corrected chi connectivity index (χ0v) is 18.5. The number of nitrogens with zero attached hydrogens (tertiary/aromatic N) is 1. The molecule has 1 heterocycles. The van der Waals surface area contributed by atoms with Gasteiger partial charge in [0.1, 0.15) is 0 Å². The van der Waals surface area contributed by atoms with Gasteiger partial charge in [0.15, 0.2) is 0 Å². The second kappa shape index (κ2) is 10.0. The van der Waals surface area contributed by atoms with Gasteiger partial charge in [-0.05, 0) is 30.7 Å². The van der Waals surface area contributed by atoms with Crippen LogP contribution < -0.4 is 9.60 Å². The van der Waals surface area contributed by atoms with Crippen LogP contribution in [0, 0.1) is 10.1 Å². The number of rotatable bonds is 8. The predicted molar refractivity (Wildman–Crippen MR) is 117 cm³/mol. The summed E-state index contributed by atoms with van der Waals surface area (Å²) in [6.45, 7) is 1.72. The number of carbonyl (C=O) groups is 1. The predicted octanol–water partition coefficient (Wildman–Crippen LogP) is 2.89. The number of hydrogen-bond donors (Lipinski definition) is 2. The third-order valence-electron chi connectivity index (χ3n) is 4.16. The van der Waals surface area contributed by atoms with Crippen LogP contribution in [0.25, 0.3) is 10.2 Å². The molecule has 0 aliphatic heterocycles. The first-order valence-electron chi connectivity index (χ1n) is 8.75. The van der Waals surface area contributed by atoms with Crippen LogP contribution in [0.2, 0.25) is 0 Å². The van der Waals surface area contributed by atoms with Crippen molar-refractivity contribution in [3.8, 4) is 0 Å². The van der Waals surface area contributed by atoms with Gasteiger partial charge in [0, 0.05) is 12.1 Å². The van der Waals surface area contributed by atoms with Gasteiger partial charge in [-0.1, -0.05) is 23.5 Å². The van der Waals surface area contributed by atoms with Gasteiger partial charge in [0.25, 0.3) is 5.69 Å². The SMILES string of the molecule is CCOC(=O)CC(NS(=O)(=O)c1ccc2[nH]c(=O)sc2c1)c1cccc([N+](=O)[O-])c1.Cl. The van der Waals surface area contributed by atoms with Gasteiger partial charge >= 0.3 is 10.8 Å². The molecule has 13 heteroatoms. The van der Waals surface area contributed by atoms with E-state index in [0.717, 1.165) is 11.3 Å². The quantitative estimate of drug-likeness (QED) is 0.282.